The van der Waals surface area contributed by atoms with Crippen molar-refractivity contribution in [3.8, 4) is 0 Å². The van der Waals surface area contributed by atoms with Gasteiger partial charge in [-0.05, 0) is 27.8 Å². The zero-order chi connectivity index (χ0) is 16.2. The van der Waals surface area contributed by atoms with Gasteiger partial charge >= 0.3 is 6.09 Å². The standard InChI is InChI=1S/C18H17NO3S/c20-17(16-6-3-9-23-16)15(11-19-18(21)22)14-8-7-12-4-1-2-5-13(12)10-14/h1-10,15,17,19-20H,11H2,(H,21,22)/t15-,17+/m1/s1. The molecule has 5 heteroatoms. The maximum Gasteiger partial charge on any atom is 0.404 e. The van der Waals surface area contributed by atoms with Crippen LogP contribution in [0.3, 0.4) is 0 Å². The fourth-order valence-corrected chi connectivity index (χ4v) is 3.48. The average molecular weight is 327 g/mol. The Balaban J connectivity index is 1.96. The van der Waals surface area contributed by atoms with E-state index in [1.54, 1.807) is 0 Å². The van der Waals surface area contributed by atoms with E-state index in [0.29, 0.717) is 0 Å². The van der Waals surface area contributed by atoms with Crippen molar-refractivity contribution in [2.75, 3.05) is 6.54 Å². The van der Waals surface area contributed by atoms with E-state index in [1.165, 1.54) is 11.3 Å². The highest BCUT2D eigenvalue weighted by Gasteiger charge is 2.24. The molecule has 1 heterocycles. The van der Waals surface area contributed by atoms with Gasteiger partial charge in [-0.3, -0.25) is 0 Å². The number of rotatable bonds is 5. The predicted molar refractivity (Wildman–Crippen MR) is 92.0 cm³/mol. The molecule has 0 aliphatic carbocycles. The van der Waals surface area contributed by atoms with Gasteiger partial charge in [0.25, 0.3) is 0 Å². The number of amides is 1. The molecule has 4 nitrogen and oxygen atoms in total. The molecule has 0 radical (unpaired) electrons. The highest BCUT2D eigenvalue weighted by molar-refractivity contribution is 7.10. The third kappa shape index (κ3) is 3.52. The van der Waals surface area contributed by atoms with Crippen LogP contribution in [0.4, 0.5) is 4.79 Å². The summed E-state index contributed by atoms with van der Waals surface area (Å²) < 4.78 is 0. The zero-order valence-corrected chi connectivity index (χ0v) is 13.2. The number of aliphatic hydroxyl groups is 1. The molecule has 2 aromatic carbocycles. The summed E-state index contributed by atoms with van der Waals surface area (Å²) in [6, 6.07) is 17.7. The van der Waals surface area contributed by atoms with E-state index in [9.17, 15) is 9.90 Å². The van der Waals surface area contributed by atoms with Gasteiger partial charge in [-0.1, -0.05) is 48.5 Å². The Hall–Kier alpha value is -2.37. The third-order valence-electron chi connectivity index (χ3n) is 3.89. The Morgan fingerprint density at radius 3 is 2.57 bits per heavy atom. The van der Waals surface area contributed by atoms with Gasteiger partial charge in [-0.25, -0.2) is 4.79 Å². The molecule has 0 unspecified atom stereocenters. The maximum absolute atomic E-state index is 10.9. The summed E-state index contributed by atoms with van der Waals surface area (Å²) in [5.74, 6) is -0.339. The summed E-state index contributed by atoms with van der Waals surface area (Å²) in [6.45, 7) is 0.159. The Labute approximate surface area is 138 Å². The van der Waals surface area contributed by atoms with E-state index in [1.807, 2.05) is 60.0 Å². The van der Waals surface area contributed by atoms with Crippen LogP contribution in [0.15, 0.2) is 60.0 Å². The smallest absolute Gasteiger partial charge is 0.404 e. The topological polar surface area (TPSA) is 69.6 Å². The number of carbonyl (C=O) groups is 1. The minimum Gasteiger partial charge on any atom is -0.465 e. The minimum atomic E-state index is -1.09. The lowest BCUT2D eigenvalue weighted by atomic mass is 9.90. The number of nitrogens with one attached hydrogen (secondary N) is 1. The molecule has 3 aromatic rings. The fourth-order valence-electron chi connectivity index (χ4n) is 2.71. The molecule has 0 saturated heterocycles. The summed E-state index contributed by atoms with van der Waals surface area (Å²) in [5.41, 5.74) is 0.915. The van der Waals surface area contributed by atoms with Crippen molar-refractivity contribution in [2.45, 2.75) is 12.0 Å². The van der Waals surface area contributed by atoms with Crippen LogP contribution in [0.25, 0.3) is 10.8 Å². The van der Waals surface area contributed by atoms with Crippen molar-refractivity contribution < 1.29 is 15.0 Å². The first-order valence-corrected chi connectivity index (χ1v) is 8.20. The van der Waals surface area contributed by atoms with Crippen LogP contribution in [0.1, 0.15) is 22.5 Å². The SMILES string of the molecule is O=C(O)NC[C@H](c1ccc2ccccc2c1)[C@H](O)c1cccs1. The van der Waals surface area contributed by atoms with E-state index >= 15 is 0 Å². The molecule has 118 valence electrons. The molecule has 0 bridgehead atoms. The second-order valence-corrected chi connectivity index (χ2v) is 6.34. The van der Waals surface area contributed by atoms with Crippen LogP contribution in [0, 0.1) is 0 Å². The normalized spacial score (nSPS) is 13.6. The monoisotopic (exact) mass is 327 g/mol. The number of carboxylic acid groups (broad SMARTS) is 1. The van der Waals surface area contributed by atoms with E-state index in [4.69, 9.17) is 5.11 Å². The third-order valence-corrected chi connectivity index (χ3v) is 4.83. The second-order valence-electron chi connectivity index (χ2n) is 5.36. The lowest BCUT2D eigenvalue weighted by molar-refractivity contribution is 0.144. The summed E-state index contributed by atoms with van der Waals surface area (Å²) in [7, 11) is 0. The summed E-state index contributed by atoms with van der Waals surface area (Å²) in [5, 5.41) is 26.1. The number of hydrogen-bond acceptors (Lipinski definition) is 3. The summed E-state index contributed by atoms with van der Waals surface area (Å²) >= 11 is 1.47. The molecule has 0 saturated carbocycles. The molecule has 0 spiro atoms. The first kappa shape index (κ1) is 15.5. The van der Waals surface area contributed by atoms with Crippen LogP contribution in [0.2, 0.25) is 0 Å². The van der Waals surface area contributed by atoms with Crippen LogP contribution in [-0.2, 0) is 0 Å². The highest BCUT2D eigenvalue weighted by Crippen LogP contribution is 2.34. The Morgan fingerprint density at radius 1 is 1.09 bits per heavy atom. The fraction of sp³-hybridized carbons (Fsp3) is 0.167. The van der Waals surface area contributed by atoms with E-state index in [2.05, 4.69) is 5.32 Å². The lowest BCUT2D eigenvalue weighted by Crippen LogP contribution is -2.29. The van der Waals surface area contributed by atoms with Crippen molar-refractivity contribution in [2.24, 2.45) is 0 Å². The molecule has 1 amide bonds. The molecule has 1 aromatic heterocycles. The predicted octanol–water partition coefficient (Wildman–Crippen LogP) is 3.99. The van der Waals surface area contributed by atoms with Crippen molar-refractivity contribution in [3.63, 3.8) is 0 Å². The number of fused-ring (bicyclic) bond motifs is 1. The molecule has 3 rings (SSSR count). The van der Waals surface area contributed by atoms with Gasteiger partial charge in [0.1, 0.15) is 0 Å². The second kappa shape index (κ2) is 6.81. The Kier molecular flexibility index (Phi) is 4.60. The molecule has 3 N–H and O–H groups in total. The van der Waals surface area contributed by atoms with Gasteiger partial charge in [-0.2, -0.15) is 0 Å². The van der Waals surface area contributed by atoms with Gasteiger partial charge in [-0.15, -0.1) is 11.3 Å². The van der Waals surface area contributed by atoms with Crippen LogP contribution in [0.5, 0.6) is 0 Å². The molecular weight excluding hydrogens is 310 g/mol. The van der Waals surface area contributed by atoms with Crippen LogP contribution in [-0.4, -0.2) is 22.9 Å². The molecule has 23 heavy (non-hydrogen) atoms. The zero-order valence-electron chi connectivity index (χ0n) is 12.3. The maximum atomic E-state index is 10.9. The van der Waals surface area contributed by atoms with Gasteiger partial charge in [0.15, 0.2) is 0 Å². The van der Waals surface area contributed by atoms with E-state index in [-0.39, 0.29) is 12.5 Å². The summed E-state index contributed by atoms with van der Waals surface area (Å²) in [6.07, 6.45) is -1.84. The average Bonchev–Trinajstić information content (AvgIpc) is 3.09. The molecule has 0 aliphatic heterocycles. The van der Waals surface area contributed by atoms with Gasteiger partial charge < -0.3 is 15.5 Å². The molecule has 0 fully saturated rings. The quantitative estimate of drug-likeness (QED) is 0.664. The number of hydrogen-bond donors (Lipinski definition) is 3. The van der Waals surface area contributed by atoms with Gasteiger partial charge in [0.05, 0.1) is 6.10 Å². The molecule has 0 aliphatic rings. The minimum absolute atomic E-state index is 0.159. The van der Waals surface area contributed by atoms with E-state index in [0.717, 1.165) is 21.2 Å². The van der Waals surface area contributed by atoms with Crippen LogP contribution < -0.4 is 5.32 Å². The molecule has 2 atom stereocenters. The first-order chi connectivity index (χ1) is 11.1. The first-order valence-electron chi connectivity index (χ1n) is 7.32. The van der Waals surface area contributed by atoms with Crippen molar-refractivity contribution in [1.82, 2.24) is 5.32 Å². The highest BCUT2D eigenvalue weighted by atomic mass is 32.1. The van der Waals surface area contributed by atoms with Gasteiger partial charge in [0.2, 0.25) is 0 Å². The van der Waals surface area contributed by atoms with Gasteiger partial charge in [0, 0.05) is 17.3 Å². The van der Waals surface area contributed by atoms with Crippen LogP contribution >= 0.6 is 11.3 Å². The number of thiophene rings is 1. The van der Waals surface area contributed by atoms with Crippen molar-refractivity contribution in [3.05, 3.63) is 70.4 Å². The van der Waals surface area contributed by atoms with Crippen molar-refractivity contribution >= 4 is 28.2 Å². The lowest BCUT2D eigenvalue weighted by Gasteiger charge is -2.23. The van der Waals surface area contributed by atoms with E-state index < -0.39 is 12.2 Å². The summed E-state index contributed by atoms with van der Waals surface area (Å²) in [4.78, 5) is 11.7. The Morgan fingerprint density at radius 2 is 1.87 bits per heavy atom. The Bertz CT molecular complexity index is 801. The molecular formula is C18H17NO3S. The number of aliphatic hydroxyl groups excluding tert-OH is 1. The number of benzene rings is 2. The van der Waals surface area contributed by atoms with Crippen molar-refractivity contribution in [1.29, 1.82) is 0 Å². The largest absolute Gasteiger partial charge is 0.465 e.